The summed E-state index contributed by atoms with van der Waals surface area (Å²) in [7, 11) is 0. The van der Waals surface area contributed by atoms with Crippen LogP contribution in [0.3, 0.4) is 0 Å². The number of hydrogen-bond acceptors (Lipinski definition) is 2. The molecular weight excluding hydrogens is 247 g/mol. The molecule has 5 heteroatoms. The molecule has 19 heavy (non-hydrogen) atoms. The lowest BCUT2D eigenvalue weighted by Crippen LogP contribution is -2.32. The van der Waals surface area contributed by atoms with Gasteiger partial charge in [-0.05, 0) is 37.0 Å². The number of halogens is 1. The summed E-state index contributed by atoms with van der Waals surface area (Å²) in [5, 5.41) is 14.7. The molecule has 3 N–H and O–H groups in total. The van der Waals surface area contributed by atoms with E-state index in [2.05, 4.69) is 10.6 Å². The highest BCUT2D eigenvalue weighted by molar-refractivity contribution is 5.89. The number of rotatable bonds is 5. The fraction of sp³-hybridized carbons (Fsp3) is 0.500. The van der Waals surface area contributed by atoms with Gasteiger partial charge < -0.3 is 15.7 Å². The molecule has 1 aromatic carbocycles. The van der Waals surface area contributed by atoms with Gasteiger partial charge >= 0.3 is 6.03 Å². The Morgan fingerprint density at radius 3 is 2.68 bits per heavy atom. The highest BCUT2D eigenvalue weighted by atomic mass is 19.1. The highest BCUT2D eigenvalue weighted by Gasteiger charge is 2.09. The summed E-state index contributed by atoms with van der Waals surface area (Å²) < 4.78 is 13.3. The Balaban J connectivity index is 2.37. The molecule has 0 aliphatic heterocycles. The number of urea groups is 1. The lowest BCUT2D eigenvalue weighted by Gasteiger charge is -2.14. The van der Waals surface area contributed by atoms with Gasteiger partial charge in [0.05, 0.1) is 6.10 Å². The highest BCUT2D eigenvalue weighted by Crippen LogP contribution is 2.13. The molecule has 1 atom stereocenters. The monoisotopic (exact) mass is 268 g/mol. The molecule has 0 saturated carbocycles. The Kier molecular flexibility index (Phi) is 5.76. The van der Waals surface area contributed by atoms with Crippen LogP contribution in [-0.2, 0) is 0 Å². The molecular formula is C14H21FN2O2. The van der Waals surface area contributed by atoms with Gasteiger partial charge in [0.2, 0.25) is 0 Å². The maximum atomic E-state index is 13.3. The molecule has 0 bridgehead atoms. The summed E-state index contributed by atoms with van der Waals surface area (Å²) >= 11 is 0. The molecule has 0 saturated heterocycles. The first-order valence-electron chi connectivity index (χ1n) is 6.39. The summed E-state index contributed by atoms with van der Waals surface area (Å²) in [6.07, 6.45) is 0.0602. The molecule has 1 rings (SSSR count). The minimum absolute atomic E-state index is 0.163. The Bertz CT molecular complexity index is 435. The summed E-state index contributed by atoms with van der Waals surface area (Å²) in [6.45, 7) is 5.87. The number of aryl methyl sites for hydroxylation is 1. The maximum absolute atomic E-state index is 13.3. The Hall–Kier alpha value is -1.62. The molecule has 0 spiro atoms. The normalized spacial score (nSPS) is 12.3. The predicted octanol–water partition coefficient (Wildman–Crippen LogP) is 2.66. The average Bonchev–Trinajstić information content (AvgIpc) is 2.33. The van der Waals surface area contributed by atoms with Crippen molar-refractivity contribution in [3.05, 3.63) is 29.6 Å². The van der Waals surface area contributed by atoms with Crippen molar-refractivity contribution in [1.29, 1.82) is 0 Å². The van der Waals surface area contributed by atoms with Gasteiger partial charge in [0.1, 0.15) is 5.82 Å². The molecule has 1 aromatic rings. The molecule has 0 radical (unpaired) electrons. The van der Waals surface area contributed by atoms with Crippen LogP contribution in [0.15, 0.2) is 18.2 Å². The Morgan fingerprint density at radius 1 is 1.42 bits per heavy atom. The van der Waals surface area contributed by atoms with Crippen molar-refractivity contribution in [2.24, 2.45) is 5.92 Å². The molecule has 0 aromatic heterocycles. The molecule has 4 nitrogen and oxygen atoms in total. The second-order valence-corrected chi connectivity index (χ2v) is 4.94. The standard InChI is InChI=1S/C14H21FN2O2/c1-9(2)13(18)6-7-16-14(19)17-11-5-4-10(3)12(15)8-11/h4-5,8-9,13,18H,6-7H2,1-3H3,(H2,16,17,19). The largest absolute Gasteiger partial charge is 0.393 e. The third-order valence-corrected chi connectivity index (χ3v) is 2.92. The first-order valence-corrected chi connectivity index (χ1v) is 6.39. The molecule has 1 unspecified atom stereocenters. The van der Waals surface area contributed by atoms with Gasteiger partial charge in [-0.15, -0.1) is 0 Å². The van der Waals surface area contributed by atoms with Gasteiger partial charge in [-0.25, -0.2) is 9.18 Å². The summed E-state index contributed by atoms with van der Waals surface area (Å²) in [5.41, 5.74) is 0.941. The number of aliphatic hydroxyl groups is 1. The number of hydrogen-bond donors (Lipinski definition) is 3. The van der Waals surface area contributed by atoms with Crippen molar-refractivity contribution in [3.8, 4) is 0 Å². The van der Waals surface area contributed by atoms with Gasteiger partial charge in [0.15, 0.2) is 0 Å². The van der Waals surface area contributed by atoms with E-state index in [1.165, 1.54) is 6.07 Å². The van der Waals surface area contributed by atoms with Crippen molar-refractivity contribution in [2.45, 2.75) is 33.3 Å². The number of benzene rings is 1. The third-order valence-electron chi connectivity index (χ3n) is 2.92. The van der Waals surface area contributed by atoms with E-state index in [1.54, 1.807) is 19.1 Å². The van der Waals surface area contributed by atoms with Crippen LogP contribution in [0.25, 0.3) is 0 Å². The van der Waals surface area contributed by atoms with Crippen LogP contribution in [0, 0.1) is 18.7 Å². The van der Waals surface area contributed by atoms with Crippen molar-refractivity contribution in [1.82, 2.24) is 5.32 Å². The van der Waals surface area contributed by atoms with Crippen LogP contribution in [0.5, 0.6) is 0 Å². The van der Waals surface area contributed by atoms with E-state index in [4.69, 9.17) is 0 Å². The first kappa shape index (κ1) is 15.4. The molecule has 0 fully saturated rings. The topological polar surface area (TPSA) is 61.4 Å². The predicted molar refractivity (Wildman–Crippen MR) is 73.6 cm³/mol. The van der Waals surface area contributed by atoms with Crippen LogP contribution in [0.1, 0.15) is 25.8 Å². The third kappa shape index (κ3) is 5.26. The number of carbonyl (C=O) groups excluding carboxylic acids is 1. The van der Waals surface area contributed by atoms with Gasteiger partial charge in [-0.1, -0.05) is 19.9 Å². The van der Waals surface area contributed by atoms with Gasteiger partial charge in [-0.2, -0.15) is 0 Å². The number of aliphatic hydroxyl groups excluding tert-OH is 1. The second-order valence-electron chi connectivity index (χ2n) is 4.94. The van der Waals surface area contributed by atoms with E-state index >= 15 is 0 Å². The zero-order valence-corrected chi connectivity index (χ0v) is 11.5. The van der Waals surface area contributed by atoms with E-state index in [0.717, 1.165) is 0 Å². The summed E-state index contributed by atoms with van der Waals surface area (Å²) in [5.74, 6) is -0.191. The van der Waals surface area contributed by atoms with Gasteiger partial charge in [0.25, 0.3) is 0 Å². The van der Waals surface area contributed by atoms with Crippen molar-refractivity contribution in [2.75, 3.05) is 11.9 Å². The summed E-state index contributed by atoms with van der Waals surface area (Å²) in [4.78, 5) is 11.5. The fourth-order valence-electron chi connectivity index (χ4n) is 1.51. The molecule has 0 aliphatic carbocycles. The quantitative estimate of drug-likeness (QED) is 0.769. The molecule has 0 heterocycles. The number of amides is 2. The lowest BCUT2D eigenvalue weighted by molar-refractivity contribution is 0.117. The minimum atomic E-state index is -0.433. The Morgan fingerprint density at radius 2 is 2.11 bits per heavy atom. The molecule has 2 amide bonds. The summed E-state index contributed by atoms with van der Waals surface area (Å²) in [6, 6.07) is 4.12. The van der Waals surface area contributed by atoms with Gasteiger partial charge in [-0.3, -0.25) is 0 Å². The zero-order valence-electron chi connectivity index (χ0n) is 11.5. The zero-order chi connectivity index (χ0) is 14.4. The minimum Gasteiger partial charge on any atom is -0.393 e. The van der Waals surface area contributed by atoms with Crippen LogP contribution in [0.2, 0.25) is 0 Å². The van der Waals surface area contributed by atoms with Crippen LogP contribution < -0.4 is 10.6 Å². The number of carbonyl (C=O) groups is 1. The van der Waals surface area contributed by atoms with E-state index in [0.29, 0.717) is 24.2 Å². The van der Waals surface area contributed by atoms with Crippen LogP contribution in [-0.4, -0.2) is 23.8 Å². The second kappa shape index (κ2) is 7.09. The van der Waals surface area contributed by atoms with E-state index in [-0.39, 0.29) is 11.7 Å². The Labute approximate surface area is 113 Å². The van der Waals surface area contributed by atoms with Crippen molar-refractivity contribution >= 4 is 11.7 Å². The number of nitrogens with one attached hydrogen (secondary N) is 2. The smallest absolute Gasteiger partial charge is 0.319 e. The van der Waals surface area contributed by atoms with E-state index in [9.17, 15) is 14.3 Å². The van der Waals surface area contributed by atoms with Crippen molar-refractivity contribution in [3.63, 3.8) is 0 Å². The van der Waals surface area contributed by atoms with E-state index in [1.807, 2.05) is 13.8 Å². The molecule has 0 aliphatic rings. The maximum Gasteiger partial charge on any atom is 0.319 e. The fourth-order valence-corrected chi connectivity index (χ4v) is 1.51. The van der Waals surface area contributed by atoms with Gasteiger partial charge in [0, 0.05) is 12.2 Å². The van der Waals surface area contributed by atoms with Crippen LogP contribution in [0.4, 0.5) is 14.9 Å². The SMILES string of the molecule is Cc1ccc(NC(=O)NCCC(O)C(C)C)cc1F. The number of anilines is 1. The average molecular weight is 268 g/mol. The lowest BCUT2D eigenvalue weighted by atomic mass is 10.0. The first-order chi connectivity index (χ1) is 8.90. The molecule has 106 valence electrons. The van der Waals surface area contributed by atoms with Crippen molar-refractivity contribution < 1.29 is 14.3 Å². The van der Waals surface area contributed by atoms with Crippen LogP contribution >= 0.6 is 0 Å². The van der Waals surface area contributed by atoms with E-state index < -0.39 is 12.1 Å².